The smallest absolute Gasteiger partial charge is 0.194 e. The molecule has 2 aromatic rings. The molecule has 0 aliphatic carbocycles. The molecule has 3 heterocycles. The first-order chi connectivity index (χ1) is 15.3. The Kier molecular flexibility index (Phi) is 7.77. The summed E-state index contributed by atoms with van der Waals surface area (Å²) in [5, 5.41) is 3.48. The molecular formula is C25H35N5O. The average molecular weight is 422 g/mol. The van der Waals surface area contributed by atoms with Crippen LogP contribution in [-0.4, -0.2) is 55.2 Å². The summed E-state index contributed by atoms with van der Waals surface area (Å²) in [6.07, 6.45) is 5.59. The van der Waals surface area contributed by atoms with Gasteiger partial charge in [-0.25, -0.2) is 9.98 Å². The summed E-state index contributed by atoms with van der Waals surface area (Å²) in [6, 6.07) is 14.7. The lowest BCUT2D eigenvalue weighted by Crippen LogP contribution is -2.40. The highest BCUT2D eigenvalue weighted by molar-refractivity contribution is 5.80. The summed E-state index contributed by atoms with van der Waals surface area (Å²) >= 11 is 0. The molecule has 6 nitrogen and oxygen atoms in total. The quantitative estimate of drug-likeness (QED) is 0.520. The number of aliphatic imine (C=N–C) groups is 1. The molecule has 0 amide bonds. The van der Waals surface area contributed by atoms with Crippen molar-refractivity contribution >= 4 is 11.8 Å². The largest absolute Gasteiger partial charge is 0.376 e. The number of rotatable bonds is 8. The van der Waals surface area contributed by atoms with E-state index in [4.69, 9.17) is 9.73 Å². The van der Waals surface area contributed by atoms with E-state index < -0.39 is 0 Å². The van der Waals surface area contributed by atoms with Crippen LogP contribution in [0.4, 0.5) is 5.82 Å². The van der Waals surface area contributed by atoms with Crippen molar-refractivity contribution in [2.75, 3.05) is 44.2 Å². The van der Waals surface area contributed by atoms with Crippen molar-refractivity contribution in [3.63, 3.8) is 0 Å². The molecule has 2 aliphatic heterocycles. The first-order valence-electron chi connectivity index (χ1n) is 11.7. The van der Waals surface area contributed by atoms with Gasteiger partial charge in [0, 0.05) is 44.8 Å². The lowest BCUT2D eigenvalue weighted by Gasteiger charge is -2.22. The summed E-state index contributed by atoms with van der Waals surface area (Å²) < 4.78 is 5.98. The van der Waals surface area contributed by atoms with Crippen LogP contribution < -0.4 is 10.2 Å². The summed E-state index contributed by atoms with van der Waals surface area (Å²) in [7, 11) is 0. The second-order valence-corrected chi connectivity index (χ2v) is 8.49. The highest BCUT2D eigenvalue weighted by Gasteiger charge is 2.25. The van der Waals surface area contributed by atoms with Gasteiger partial charge in [0.15, 0.2) is 5.96 Å². The number of hydrogen-bond donors (Lipinski definition) is 1. The Morgan fingerprint density at radius 3 is 2.77 bits per heavy atom. The molecule has 166 valence electrons. The number of pyridine rings is 1. The van der Waals surface area contributed by atoms with Gasteiger partial charge in [0.2, 0.25) is 0 Å². The highest BCUT2D eigenvalue weighted by atomic mass is 16.5. The third-order valence-corrected chi connectivity index (χ3v) is 6.04. The number of aromatic nitrogens is 1. The molecule has 1 atom stereocenters. The molecule has 0 bridgehead atoms. The number of nitrogens with zero attached hydrogens (tertiary/aromatic N) is 4. The minimum atomic E-state index is 0.551. The van der Waals surface area contributed by atoms with Crippen molar-refractivity contribution in [2.24, 2.45) is 10.9 Å². The van der Waals surface area contributed by atoms with Gasteiger partial charge < -0.3 is 19.9 Å². The fourth-order valence-corrected chi connectivity index (χ4v) is 4.35. The van der Waals surface area contributed by atoms with Crippen LogP contribution in [0.3, 0.4) is 0 Å². The Balaban J connectivity index is 1.30. The van der Waals surface area contributed by atoms with E-state index in [1.165, 1.54) is 24.0 Å². The van der Waals surface area contributed by atoms with Crippen LogP contribution in [0, 0.1) is 5.92 Å². The van der Waals surface area contributed by atoms with Crippen LogP contribution in [-0.2, 0) is 17.9 Å². The van der Waals surface area contributed by atoms with Crippen LogP contribution >= 0.6 is 0 Å². The minimum absolute atomic E-state index is 0.551. The molecule has 1 N–H and O–H groups in total. The first kappa shape index (κ1) is 21.6. The molecule has 0 radical (unpaired) electrons. The summed E-state index contributed by atoms with van der Waals surface area (Å²) in [5.41, 5.74) is 2.45. The van der Waals surface area contributed by atoms with Gasteiger partial charge in [0.05, 0.1) is 19.8 Å². The summed E-state index contributed by atoms with van der Waals surface area (Å²) in [6.45, 7) is 9.42. The van der Waals surface area contributed by atoms with Gasteiger partial charge in [0.1, 0.15) is 5.82 Å². The normalized spacial score (nSPS) is 19.3. The maximum atomic E-state index is 5.98. The second-order valence-electron chi connectivity index (χ2n) is 8.49. The Hall–Kier alpha value is -2.60. The van der Waals surface area contributed by atoms with Gasteiger partial charge in [-0.1, -0.05) is 30.3 Å². The zero-order valence-electron chi connectivity index (χ0n) is 18.7. The third-order valence-electron chi connectivity index (χ3n) is 6.04. The zero-order valence-corrected chi connectivity index (χ0v) is 18.7. The number of benzene rings is 1. The van der Waals surface area contributed by atoms with E-state index in [0.717, 1.165) is 57.5 Å². The number of likely N-dealkylation sites (tertiary alicyclic amines) is 1. The summed E-state index contributed by atoms with van der Waals surface area (Å²) in [5.74, 6) is 2.65. The van der Waals surface area contributed by atoms with E-state index in [9.17, 15) is 0 Å². The van der Waals surface area contributed by atoms with Crippen LogP contribution in [0.15, 0.2) is 53.7 Å². The van der Waals surface area contributed by atoms with Gasteiger partial charge in [-0.3, -0.25) is 0 Å². The average Bonchev–Trinajstić information content (AvgIpc) is 3.50. The van der Waals surface area contributed by atoms with E-state index in [-0.39, 0.29) is 0 Å². The van der Waals surface area contributed by atoms with Gasteiger partial charge in [0.25, 0.3) is 0 Å². The predicted molar refractivity (Wildman–Crippen MR) is 126 cm³/mol. The molecule has 1 aromatic carbocycles. The fourth-order valence-electron chi connectivity index (χ4n) is 4.35. The van der Waals surface area contributed by atoms with Crippen LogP contribution in [0.2, 0.25) is 0 Å². The molecule has 2 aliphatic rings. The van der Waals surface area contributed by atoms with E-state index in [2.05, 4.69) is 63.4 Å². The van der Waals surface area contributed by atoms with Crippen LogP contribution in [0.1, 0.15) is 37.3 Å². The number of ether oxygens (including phenoxy) is 1. The van der Waals surface area contributed by atoms with Crippen LogP contribution in [0.5, 0.6) is 0 Å². The van der Waals surface area contributed by atoms with E-state index in [1.54, 1.807) is 0 Å². The SMILES string of the molecule is CCNC(=NCc1ccnc(N2CCCC2)c1)N1CCC(COCc2ccccc2)C1. The maximum Gasteiger partial charge on any atom is 0.194 e. The van der Waals surface area contributed by atoms with Gasteiger partial charge >= 0.3 is 0 Å². The third kappa shape index (κ3) is 6.20. The van der Waals surface area contributed by atoms with E-state index >= 15 is 0 Å². The Morgan fingerprint density at radius 1 is 1.13 bits per heavy atom. The topological polar surface area (TPSA) is 53.0 Å². The lowest BCUT2D eigenvalue weighted by molar-refractivity contribution is 0.0906. The van der Waals surface area contributed by atoms with E-state index in [0.29, 0.717) is 19.1 Å². The first-order valence-corrected chi connectivity index (χ1v) is 11.7. The second kappa shape index (κ2) is 11.1. The molecule has 4 rings (SSSR count). The van der Waals surface area contributed by atoms with Crippen molar-refractivity contribution in [2.45, 2.75) is 39.3 Å². The van der Waals surface area contributed by atoms with Crippen molar-refractivity contribution in [3.05, 3.63) is 59.8 Å². The molecule has 2 fully saturated rings. The van der Waals surface area contributed by atoms with Gasteiger partial charge in [-0.2, -0.15) is 0 Å². The minimum Gasteiger partial charge on any atom is -0.376 e. The summed E-state index contributed by atoms with van der Waals surface area (Å²) in [4.78, 5) is 14.3. The van der Waals surface area contributed by atoms with Gasteiger partial charge in [-0.05, 0) is 49.4 Å². The molecule has 1 unspecified atom stereocenters. The van der Waals surface area contributed by atoms with Crippen molar-refractivity contribution in [1.29, 1.82) is 0 Å². The molecule has 0 spiro atoms. The van der Waals surface area contributed by atoms with Crippen molar-refractivity contribution in [3.8, 4) is 0 Å². The number of guanidine groups is 1. The molecule has 2 saturated heterocycles. The molecule has 6 heteroatoms. The zero-order chi connectivity index (χ0) is 21.3. The molecule has 31 heavy (non-hydrogen) atoms. The van der Waals surface area contributed by atoms with Crippen molar-refractivity contribution < 1.29 is 4.74 Å². The standard InChI is InChI=1S/C25H35N5O/c1-2-26-25(28-17-22-10-12-27-24(16-22)29-13-6-7-14-29)30-15-11-23(18-30)20-31-19-21-8-4-3-5-9-21/h3-5,8-10,12,16,23H,2,6-7,11,13-15,17-20H2,1H3,(H,26,28). The number of anilines is 1. The highest BCUT2D eigenvalue weighted by Crippen LogP contribution is 2.20. The monoisotopic (exact) mass is 421 g/mol. The fraction of sp³-hybridized carbons (Fsp3) is 0.520. The van der Waals surface area contributed by atoms with Gasteiger partial charge in [-0.15, -0.1) is 0 Å². The lowest BCUT2D eigenvalue weighted by atomic mass is 10.1. The Bertz CT molecular complexity index is 835. The molecule has 0 saturated carbocycles. The maximum absolute atomic E-state index is 5.98. The Labute approximate surface area is 186 Å². The number of nitrogens with one attached hydrogen (secondary N) is 1. The van der Waals surface area contributed by atoms with E-state index in [1.807, 2.05) is 12.3 Å². The molecular weight excluding hydrogens is 386 g/mol. The van der Waals surface area contributed by atoms with Crippen LogP contribution in [0.25, 0.3) is 0 Å². The van der Waals surface area contributed by atoms with Crippen molar-refractivity contribution in [1.82, 2.24) is 15.2 Å². The number of hydrogen-bond acceptors (Lipinski definition) is 4. The Morgan fingerprint density at radius 2 is 1.97 bits per heavy atom. The molecule has 1 aromatic heterocycles. The predicted octanol–water partition coefficient (Wildman–Crippen LogP) is 3.69.